The lowest BCUT2D eigenvalue weighted by molar-refractivity contribution is 0.0694. The number of aryl methyl sites for hydroxylation is 1. The van der Waals surface area contributed by atoms with Gasteiger partial charge in [0.1, 0.15) is 5.56 Å². The molecule has 0 saturated carbocycles. The van der Waals surface area contributed by atoms with Gasteiger partial charge >= 0.3 is 5.97 Å². The smallest absolute Gasteiger partial charge is 0.341 e. The van der Waals surface area contributed by atoms with Crippen LogP contribution in [0, 0.1) is 0 Å². The van der Waals surface area contributed by atoms with Crippen molar-refractivity contribution >= 4 is 17.7 Å². The highest BCUT2D eigenvalue weighted by atomic mass is 32.2. The Morgan fingerprint density at radius 1 is 1.21 bits per heavy atom. The van der Waals surface area contributed by atoms with Crippen molar-refractivity contribution in [1.82, 2.24) is 4.57 Å². The van der Waals surface area contributed by atoms with Crippen LogP contribution in [0.4, 0.5) is 0 Å². The number of aromatic nitrogens is 1. The monoisotopic (exact) mass is 275 g/mol. The van der Waals surface area contributed by atoms with E-state index in [1.54, 1.807) is 22.5 Å². The third kappa shape index (κ3) is 3.72. The molecular weight excluding hydrogens is 262 g/mol. The minimum Gasteiger partial charge on any atom is -0.477 e. The predicted molar refractivity (Wildman–Crippen MR) is 74.8 cm³/mol. The van der Waals surface area contributed by atoms with Gasteiger partial charge in [0, 0.05) is 35.7 Å². The Labute approximate surface area is 114 Å². The molecule has 1 N–H and O–H groups in total. The zero-order chi connectivity index (χ0) is 13.7. The summed E-state index contributed by atoms with van der Waals surface area (Å²) in [5, 5.41) is 8.87. The third-order valence-corrected chi connectivity index (χ3v) is 3.56. The fraction of sp³-hybridized carbons (Fsp3) is 0.143. The number of carboxylic acid groups (broad SMARTS) is 1. The van der Waals surface area contributed by atoms with Crippen LogP contribution in [0.1, 0.15) is 10.4 Å². The summed E-state index contributed by atoms with van der Waals surface area (Å²) >= 11 is 1.69. The number of carboxylic acids is 1. The first-order valence-electron chi connectivity index (χ1n) is 5.78. The second-order valence-corrected chi connectivity index (χ2v) is 5.10. The predicted octanol–water partition coefficient (Wildman–Crippen LogP) is 2.34. The second kappa shape index (κ2) is 6.24. The van der Waals surface area contributed by atoms with Gasteiger partial charge in [0.25, 0.3) is 0 Å². The van der Waals surface area contributed by atoms with Crippen LogP contribution in [0.25, 0.3) is 0 Å². The molecular formula is C14H13NO3S. The number of hydrogen-bond donors (Lipinski definition) is 1. The molecule has 2 aromatic rings. The summed E-state index contributed by atoms with van der Waals surface area (Å²) in [6.45, 7) is 0.653. The van der Waals surface area contributed by atoms with Crippen molar-refractivity contribution in [2.45, 2.75) is 11.4 Å². The number of benzene rings is 1. The van der Waals surface area contributed by atoms with Gasteiger partial charge in [0.05, 0.1) is 0 Å². The molecule has 1 aromatic carbocycles. The maximum Gasteiger partial charge on any atom is 0.341 e. The Kier molecular flexibility index (Phi) is 4.41. The van der Waals surface area contributed by atoms with Crippen LogP contribution in [0.5, 0.6) is 0 Å². The molecule has 4 nitrogen and oxygen atoms in total. The van der Waals surface area contributed by atoms with Crippen LogP contribution in [0.15, 0.2) is 58.5 Å². The summed E-state index contributed by atoms with van der Waals surface area (Å²) in [5.41, 5.74) is -0.647. The van der Waals surface area contributed by atoms with Crippen LogP contribution >= 0.6 is 11.8 Å². The molecule has 0 amide bonds. The lowest BCUT2D eigenvalue weighted by Crippen LogP contribution is -2.17. The number of hydrogen-bond acceptors (Lipinski definition) is 3. The fourth-order valence-corrected chi connectivity index (χ4v) is 2.50. The van der Waals surface area contributed by atoms with E-state index in [9.17, 15) is 9.59 Å². The molecule has 2 rings (SSSR count). The van der Waals surface area contributed by atoms with Crippen molar-refractivity contribution in [1.29, 1.82) is 0 Å². The molecule has 1 heterocycles. The summed E-state index contributed by atoms with van der Waals surface area (Å²) in [4.78, 5) is 23.3. The van der Waals surface area contributed by atoms with E-state index >= 15 is 0 Å². The van der Waals surface area contributed by atoms with Crippen molar-refractivity contribution in [3.8, 4) is 0 Å². The van der Waals surface area contributed by atoms with Crippen LogP contribution in [-0.4, -0.2) is 21.4 Å². The number of aromatic carboxylic acids is 1. The van der Waals surface area contributed by atoms with Gasteiger partial charge in [-0.2, -0.15) is 0 Å². The summed E-state index contributed by atoms with van der Waals surface area (Å²) < 4.78 is 1.72. The van der Waals surface area contributed by atoms with E-state index < -0.39 is 11.4 Å². The van der Waals surface area contributed by atoms with E-state index in [2.05, 4.69) is 0 Å². The van der Waals surface area contributed by atoms with E-state index in [-0.39, 0.29) is 5.56 Å². The summed E-state index contributed by atoms with van der Waals surface area (Å²) in [5.74, 6) is -0.374. The van der Waals surface area contributed by atoms with E-state index in [4.69, 9.17) is 5.11 Å². The number of rotatable bonds is 5. The van der Waals surface area contributed by atoms with Gasteiger partial charge in [-0.15, -0.1) is 11.8 Å². The average molecular weight is 275 g/mol. The van der Waals surface area contributed by atoms with Gasteiger partial charge in [0.2, 0.25) is 0 Å². The normalized spacial score (nSPS) is 10.3. The van der Waals surface area contributed by atoms with E-state index in [0.717, 1.165) is 5.75 Å². The molecule has 0 aliphatic carbocycles. The first-order chi connectivity index (χ1) is 9.16. The lowest BCUT2D eigenvalue weighted by Gasteiger charge is -2.06. The molecule has 5 heteroatoms. The largest absolute Gasteiger partial charge is 0.477 e. The van der Waals surface area contributed by atoms with Gasteiger partial charge in [-0.3, -0.25) is 4.79 Å². The summed E-state index contributed by atoms with van der Waals surface area (Å²) in [6.07, 6.45) is 3.00. The maximum atomic E-state index is 11.3. The highest BCUT2D eigenvalue weighted by Gasteiger charge is 2.07. The zero-order valence-corrected chi connectivity index (χ0v) is 11.0. The van der Waals surface area contributed by atoms with Gasteiger partial charge < -0.3 is 9.67 Å². The lowest BCUT2D eigenvalue weighted by atomic mass is 10.3. The maximum absolute atomic E-state index is 11.3. The Hall–Kier alpha value is -2.01. The number of thioether (sulfide) groups is 1. The minimum atomic E-state index is -1.19. The van der Waals surface area contributed by atoms with Gasteiger partial charge in [-0.25, -0.2) is 4.79 Å². The molecule has 0 fully saturated rings. The molecule has 0 spiro atoms. The highest BCUT2D eigenvalue weighted by Crippen LogP contribution is 2.16. The van der Waals surface area contributed by atoms with Crippen molar-refractivity contribution < 1.29 is 9.90 Å². The average Bonchev–Trinajstić information content (AvgIpc) is 2.41. The zero-order valence-electron chi connectivity index (χ0n) is 10.2. The van der Waals surface area contributed by atoms with Crippen LogP contribution in [-0.2, 0) is 6.54 Å². The van der Waals surface area contributed by atoms with E-state index in [1.807, 2.05) is 30.3 Å². The Morgan fingerprint density at radius 2 is 1.95 bits per heavy atom. The molecule has 0 saturated heterocycles. The first-order valence-corrected chi connectivity index (χ1v) is 6.76. The van der Waals surface area contributed by atoms with Gasteiger partial charge in [-0.05, 0) is 12.1 Å². The van der Waals surface area contributed by atoms with Crippen molar-refractivity contribution in [3.05, 3.63) is 64.6 Å². The van der Waals surface area contributed by atoms with E-state index in [1.165, 1.54) is 17.2 Å². The number of nitrogens with zero attached hydrogens (tertiary/aromatic N) is 1. The molecule has 0 aliphatic rings. The van der Waals surface area contributed by atoms with Crippen LogP contribution in [0.2, 0.25) is 0 Å². The molecule has 98 valence electrons. The molecule has 0 radical (unpaired) electrons. The van der Waals surface area contributed by atoms with Crippen LogP contribution in [0.3, 0.4) is 0 Å². The number of carbonyl (C=O) groups is 1. The van der Waals surface area contributed by atoms with Crippen LogP contribution < -0.4 is 5.43 Å². The Morgan fingerprint density at radius 3 is 2.63 bits per heavy atom. The first kappa shape index (κ1) is 13.4. The number of pyridine rings is 1. The van der Waals surface area contributed by atoms with Gasteiger partial charge in [-0.1, -0.05) is 18.2 Å². The third-order valence-electron chi connectivity index (χ3n) is 2.57. The molecule has 0 aliphatic heterocycles. The quantitative estimate of drug-likeness (QED) is 0.851. The Bertz CT molecular complexity index is 622. The van der Waals surface area contributed by atoms with Crippen molar-refractivity contribution in [2.24, 2.45) is 0 Å². The molecule has 1 aromatic heterocycles. The van der Waals surface area contributed by atoms with Gasteiger partial charge in [0.15, 0.2) is 5.43 Å². The standard InChI is InChI=1S/C14H13NO3S/c16-13-6-7-15(10-12(13)14(17)18)8-9-19-11-4-2-1-3-5-11/h1-7,10H,8-9H2,(H,17,18). The van der Waals surface area contributed by atoms with E-state index in [0.29, 0.717) is 6.54 Å². The molecule has 0 atom stereocenters. The molecule has 0 bridgehead atoms. The summed E-state index contributed by atoms with van der Waals surface area (Å²) in [7, 11) is 0. The molecule has 0 unspecified atom stereocenters. The fourth-order valence-electron chi connectivity index (χ4n) is 1.61. The second-order valence-electron chi connectivity index (χ2n) is 3.93. The molecule has 19 heavy (non-hydrogen) atoms. The van der Waals surface area contributed by atoms with Crippen molar-refractivity contribution in [2.75, 3.05) is 5.75 Å². The highest BCUT2D eigenvalue weighted by molar-refractivity contribution is 7.99. The van der Waals surface area contributed by atoms with Crippen molar-refractivity contribution in [3.63, 3.8) is 0 Å². The SMILES string of the molecule is O=C(O)c1cn(CCSc2ccccc2)ccc1=O. The summed E-state index contributed by atoms with van der Waals surface area (Å²) in [6, 6.07) is 11.3. The minimum absolute atomic E-state index is 0.188. The topological polar surface area (TPSA) is 59.3 Å². The Balaban J connectivity index is 1.99.